The zero-order valence-electron chi connectivity index (χ0n) is 16.1. The van der Waals surface area contributed by atoms with Crippen molar-refractivity contribution in [1.29, 1.82) is 0 Å². The van der Waals surface area contributed by atoms with E-state index in [1.54, 1.807) is 12.6 Å². The molecule has 2 aromatic heterocycles. The van der Waals surface area contributed by atoms with Gasteiger partial charge in [0.1, 0.15) is 11.3 Å². The second kappa shape index (κ2) is 9.36. The van der Waals surface area contributed by atoms with E-state index in [1.165, 1.54) is 42.4 Å². The van der Waals surface area contributed by atoms with Gasteiger partial charge >= 0.3 is 0 Å². The molecule has 4 rings (SSSR count). The van der Waals surface area contributed by atoms with Crippen molar-refractivity contribution < 1.29 is 9.53 Å². The van der Waals surface area contributed by atoms with Gasteiger partial charge in [0, 0.05) is 6.04 Å². The lowest BCUT2D eigenvalue weighted by Crippen LogP contribution is -2.17. The van der Waals surface area contributed by atoms with Crippen LogP contribution < -0.4 is 10.1 Å². The summed E-state index contributed by atoms with van der Waals surface area (Å²) in [5.41, 5.74) is 2.50. The number of anilines is 1. The third kappa shape index (κ3) is 4.59. The summed E-state index contributed by atoms with van der Waals surface area (Å²) in [7, 11) is 1.66. The van der Waals surface area contributed by atoms with Crippen LogP contribution in [-0.4, -0.2) is 43.7 Å². The number of ether oxygens (including phenoxy) is 1. The van der Waals surface area contributed by atoms with Crippen LogP contribution >= 0.6 is 23.1 Å². The molecule has 1 saturated carbocycles. The van der Waals surface area contributed by atoms with Crippen LogP contribution in [0, 0.1) is 0 Å². The fourth-order valence-electron chi connectivity index (χ4n) is 3.57. The Labute approximate surface area is 177 Å². The number of amides is 1. The van der Waals surface area contributed by atoms with Crippen molar-refractivity contribution in [2.45, 2.75) is 43.3 Å². The van der Waals surface area contributed by atoms with Crippen LogP contribution in [0.5, 0.6) is 5.75 Å². The molecule has 29 heavy (non-hydrogen) atoms. The summed E-state index contributed by atoms with van der Waals surface area (Å²) in [5, 5.41) is 20.5. The minimum atomic E-state index is -0.135. The molecule has 0 atom stereocenters. The molecule has 3 aromatic rings. The first-order valence-corrected chi connectivity index (χ1v) is 11.4. The topological polar surface area (TPSA) is 94.8 Å². The van der Waals surface area contributed by atoms with Gasteiger partial charge in [-0.05, 0) is 25.0 Å². The average Bonchev–Trinajstić information content (AvgIpc) is 3.42. The highest BCUT2D eigenvalue weighted by molar-refractivity contribution is 7.99. The number of aromatic nitrogens is 5. The van der Waals surface area contributed by atoms with Gasteiger partial charge in [-0.1, -0.05) is 54.5 Å². The van der Waals surface area contributed by atoms with E-state index in [0.717, 1.165) is 35.1 Å². The third-order valence-electron chi connectivity index (χ3n) is 4.89. The van der Waals surface area contributed by atoms with Crippen molar-refractivity contribution in [1.82, 2.24) is 25.0 Å². The van der Waals surface area contributed by atoms with E-state index < -0.39 is 0 Å². The van der Waals surface area contributed by atoms with Crippen LogP contribution in [0.15, 0.2) is 34.9 Å². The van der Waals surface area contributed by atoms with Gasteiger partial charge in [0.15, 0.2) is 11.0 Å². The summed E-state index contributed by atoms with van der Waals surface area (Å²) >= 11 is 2.69. The van der Waals surface area contributed by atoms with Crippen molar-refractivity contribution in [3.05, 3.63) is 29.8 Å². The minimum Gasteiger partial charge on any atom is -0.496 e. The van der Waals surface area contributed by atoms with E-state index in [9.17, 15) is 4.79 Å². The number of hydrogen-bond acceptors (Lipinski definition) is 8. The zero-order chi connectivity index (χ0) is 20.1. The van der Waals surface area contributed by atoms with Gasteiger partial charge in [0.25, 0.3) is 0 Å². The van der Waals surface area contributed by atoms with Crippen LogP contribution in [0.3, 0.4) is 0 Å². The number of benzene rings is 1. The molecule has 2 heterocycles. The molecule has 1 aliphatic rings. The Morgan fingerprint density at radius 1 is 1.24 bits per heavy atom. The molecule has 1 amide bonds. The lowest BCUT2D eigenvalue weighted by molar-refractivity contribution is -0.113. The molecule has 1 aliphatic carbocycles. The maximum Gasteiger partial charge on any atom is 0.236 e. The number of nitrogens with one attached hydrogen (secondary N) is 1. The lowest BCUT2D eigenvalue weighted by Gasteiger charge is -2.25. The van der Waals surface area contributed by atoms with E-state index in [4.69, 9.17) is 4.74 Å². The molecule has 0 radical (unpaired) electrons. The highest BCUT2D eigenvalue weighted by atomic mass is 32.2. The van der Waals surface area contributed by atoms with Crippen molar-refractivity contribution in [3.63, 3.8) is 0 Å². The number of hydrogen-bond donors (Lipinski definition) is 1. The Hall–Kier alpha value is -2.46. The highest BCUT2D eigenvalue weighted by Gasteiger charge is 2.25. The van der Waals surface area contributed by atoms with Crippen LogP contribution in [0.2, 0.25) is 0 Å². The molecule has 0 spiro atoms. The standard InChI is InChI=1S/C19H22N6O2S2/c1-27-15-10-6-5-9-14(15)17-22-24-19(25(17)13-7-3-2-4-8-13)28-11-16(26)21-18-23-20-12-29-18/h5-6,9-10,12-13H,2-4,7-8,11H2,1H3,(H,21,23,26). The zero-order valence-corrected chi connectivity index (χ0v) is 17.7. The summed E-state index contributed by atoms with van der Waals surface area (Å²) < 4.78 is 7.74. The Balaban J connectivity index is 1.59. The van der Waals surface area contributed by atoms with Crippen molar-refractivity contribution in [3.8, 4) is 17.1 Å². The van der Waals surface area contributed by atoms with Gasteiger partial charge in [-0.2, -0.15) is 0 Å². The normalized spacial score (nSPS) is 14.7. The summed E-state index contributed by atoms with van der Waals surface area (Å²) in [5.74, 6) is 1.66. The Kier molecular flexibility index (Phi) is 6.40. The molecule has 1 aromatic carbocycles. The smallest absolute Gasteiger partial charge is 0.236 e. The van der Waals surface area contributed by atoms with Gasteiger partial charge < -0.3 is 4.74 Å². The molecule has 8 nitrogen and oxygen atoms in total. The van der Waals surface area contributed by atoms with Gasteiger partial charge in [-0.25, -0.2) is 0 Å². The van der Waals surface area contributed by atoms with Crippen LogP contribution in [0.1, 0.15) is 38.1 Å². The molecular formula is C19H22N6O2S2. The fourth-order valence-corrected chi connectivity index (χ4v) is 4.84. The maximum atomic E-state index is 12.3. The molecular weight excluding hydrogens is 408 g/mol. The molecule has 0 saturated heterocycles. The van der Waals surface area contributed by atoms with Crippen molar-refractivity contribution >= 4 is 34.1 Å². The Bertz CT molecular complexity index is 954. The van der Waals surface area contributed by atoms with E-state index in [1.807, 2.05) is 24.3 Å². The predicted octanol–water partition coefficient (Wildman–Crippen LogP) is 4.04. The third-order valence-corrected chi connectivity index (χ3v) is 6.44. The number of rotatable bonds is 7. The van der Waals surface area contributed by atoms with E-state index in [0.29, 0.717) is 11.2 Å². The molecule has 152 valence electrons. The largest absolute Gasteiger partial charge is 0.496 e. The first-order chi connectivity index (χ1) is 14.3. The summed E-state index contributed by atoms with van der Waals surface area (Å²) in [4.78, 5) is 12.3. The molecule has 10 heteroatoms. The second-order valence-electron chi connectivity index (χ2n) is 6.75. The summed E-state index contributed by atoms with van der Waals surface area (Å²) in [6, 6.07) is 8.17. The average molecular weight is 431 g/mol. The number of carbonyl (C=O) groups excluding carboxylic acids is 1. The molecule has 0 unspecified atom stereocenters. The van der Waals surface area contributed by atoms with Crippen LogP contribution in [0.4, 0.5) is 5.13 Å². The second-order valence-corrected chi connectivity index (χ2v) is 8.52. The van der Waals surface area contributed by atoms with Gasteiger partial charge in [-0.3, -0.25) is 14.7 Å². The maximum absolute atomic E-state index is 12.3. The SMILES string of the molecule is COc1ccccc1-c1nnc(SCC(=O)Nc2nncs2)n1C1CCCCC1. The number of para-hydroxylation sites is 1. The van der Waals surface area contributed by atoms with Crippen LogP contribution in [-0.2, 0) is 4.79 Å². The summed E-state index contributed by atoms with van der Waals surface area (Å²) in [6.45, 7) is 0. The first kappa shape index (κ1) is 19.8. The molecule has 1 fully saturated rings. The number of methoxy groups -OCH3 is 1. The minimum absolute atomic E-state index is 0.135. The Morgan fingerprint density at radius 3 is 2.83 bits per heavy atom. The van der Waals surface area contributed by atoms with Gasteiger partial charge in [0.2, 0.25) is 11.0 Å². The highest BCUT2D eigenvalue weighted by Crippen LogP contribution is 2.38. The number of thioether (sulfide) groups is 1. The van der Waals surface area contributed by atoms with Gasteiger partial charge in [0.05, 0.1) is 18.4 Å². The fraction of sp³-hybridized carbons (Fsp3) is 0.421. The van der Waals surface area contributed by atoms with Crippen molar-refractivity contribution in [2.24, 2.45) is 0 Å². The molecule has 1 N–H and O–H groups in total. The van der Waals surface area contributed by atoms with E-state index in [-0.39, 0.29) is 11.7 Å². The number of nitrogens with zero attached hydrogens (tertiary/aromatic N) is 5. The summed E-state index contributed by atoms with van der Waals surface area (Å²) in [6.07, 6.45) is 5.82. The van der Waals surface area contributed by atoms with Gasteiger partial charge in [-0.15, -0.1) is 20.4 Å². The Morgan fingerprint density at radius 2 is 2.07 bits per heavy atom. The monoisotopic (exact) mass is 430 g/mol. The quantitative estimate of drug-likeness (QED) is 0.565. The first-order valence-electron chi connectivity index (χ1n) is 9.53. The number of carbonyl (C=O) groups is 1. The van der Waals surface area contributed by atoms with Crippen LogP contribution in [0.25, 0.3) is 11.4 Å². The molecule has 0 aliphatic heterocycles. The van der Waals surface area contributed by atoms with Crippen molar-refractivity contribution in [2.75, 3.05) is 18.2 Å². The molecule has 0 bridgehead atoms. The van der Waals surface area contributed by atoms with E-state index >= 15 is 0 Å². The predicted molar refractivity (Wildman–Crippen MR) is 113 cm³/mol. The van der Waals surface area contributed by atoms with E-state index in [2.05, 4.69) is 30.3 Å². The lowest BCUT2D eigenvalue weighted by atomic mass is 9.95.